The van der Waals surface area contributed by atoms with Gasteiger partial charge in [-0.1, -0.05) is 30.3 Å². The van der Waals surface area contributed by atoms with Crippen molar-refractivity contribution in [3.8, 4) is 11.5 Å². The van der Waals surface area contributed by atoms with Crippen LogP contribution in [0.2, 0.25) is 0 Å². The zero-order chi connectivity index (χ0) is 19.4. The maximum atomic E-state index is 12.5. The van der Waals surface area contributed by atoms with E-state index in [1.54, 1.807) is 18.9 Å². The van der Waals surface area contributed by atoms with E-state index in [1.165, 1.54) is 0 Å². The molecule has 6 heteroatoms. The first-order valence-electron chi connectivity index (χ1n) is 9.00. The Bertz CT molecular complexity index is 836. The molecule has 2 atom stereocenters. The van der Waals surface area contributed by atoms with Crippen molar-refractivity contribution in [2.24, 2.45) is 0 Å². The molecule has 27 heavy (non-hydrogen) atoms. The first-order chi connectivity index (χ1) is 13.0. The lowest BCUT2D eigenvalue weighted by molar-refractivity contribution is -0.125. The molecule has 142 valence electrons. The van der Waals surface area contributed by atoms with Crippen LogP contribution in [0.25, 0.3) is 0 Å². The first-order valence-corrected chi connectivity index (χ1v) is 9.00. The van der Waals surface area contributed by atoms with Gasteiger partial charge in [0, 0.05) is 18.5 Å². The molecule has 3 rings (SSSR count). The fourth-order valence-corrected chi connectivity index (χ4v) is 3.22. The Morgan fingerprint density at radius 3 is 2.70 bits per heavy atom. The number of fused-ring (bicyclic) bond motifs is 1. The van der Waals surface area contributed by atoms with E-state index in [9.17, 15) is 9.59 Å². The monoisotopic (exact) mass is 368 g/mol. The van der Waals surface area contributed by atoms with Crippen molar-refractivity contribution in [2.75, 3.05) is 18.6 Å². The predicted molar refractivity (Wildman–Crippen MR) is 103 cm³/mol. The molecule has 1 aliphatic rings. The number of nitrogens with zero attached hydrogens (tertiary/aromatic N) is 1. The van der Waals surface area contributed by atoms with Gasteiger partial charge in [-0.15, -0.1) is 0 Å². The molecule has 1 aliphatic heterocycles. The molecule has 0 spiro atoms. The Morgan fingerprint density at radius 2 is 1.93 bits per heavy atom. The number of nitrogens with one attached hydrogen (secondary N) is 1. The quantitative estimate of drug-likeness (QED) is 0.851. The number of rotatable bonds is 6. The summed E-state index contributed by atoms with van der Waals surface area (Å²) in [5.41, 5.74) is 1.61. The van der Waals surface area contributed by atoms with E-state index >= 15 is 0 Å². The van der Waals surface area contributed by atoms with Gasteiger partial charge in [-0.2, -0.15) is 0 Å². The lowest BCUT2D eigenvalue weighted by Crippen LogP contribution is -2.45. The van der Waals surface area contributed by atoms with Gasteiger partial charge in [0.1, 0.15) is 11.5 Å². The lowest BCUT2D eigenvalue weighted by atomic mass is 10.1. The molecule has 1 heterocycles. The highest BCUT2D eigenvalue weighted by Gasteiger charge is 2.31. The number of amides is 2. The van der Waals surface area contributed by atoms with Gasteiger partial charge >= 0.3 is 0 Å². The third kappa shape index (κ3) is 4.05. The minimum Gasteiger partial charge on any atom is -0.496 e. The maximum absolute atomic E-state index is 12.5. The summed E-state index contributed by atoms with van der Waals surface area (Å²) in [6, 6.07) is 14.8. The molecular weight excluding hydrogens is 344 g/mol. The van der Waals surface area contributed by atoms with Crippen LogP contribution >= 0.6 is 0 Å². The summed E-state index contributed by atoms with van der Waals surface area (Å²) in [6.07, 6.45) is -0.359. The van der Waals surface area contributed by atoms with E-state index in [4.69, 9.17) is 9.47 Å². The van der Waals surface area contributed by atoms with Crippen LogP contribution in [0.1, 0.15) is 31.9 Å². The van der Waals surface area contributed by atoms with E-state index in [1.807, 2.05) is 55.5 Å². The van der Waals surface area contributed by atoms with Crippen molar-refractivity contribution < 1.29 is 19.1 Å². The summed E-state index contributed by atoms with van der Waals surface area (Å²) in [6.45, 7) is 3.93. The summed E-state index contributed by atoms with van der Waals surface area (Å²) in [4.78, 5) is 26.6. The number of carbonyl (C=O) groups is 2. The second kappa shape index (κ2) is 8.12. The molecule has 6 nitrogen and oxygen atoms in total. The van der Waals surface area contributed by atoms with Crippen LogP contribution < -0.4 is 19.7 Å². The summed E-state index contributed by atoms with van der Waals surface area (Å²) in [5, 5.41) is 2.97. The molecule has 0 aliphatic carbocycles. The SMILES string of the molecule is COc1ccccc1C(C)NC(=O)CCN1C(=O)C(C)Oc2ccccc21. The van der Waals surface area contributed by atoms with E-state index in [-0.39, 0.29) is 24.3 Å². The Hall–Kier alpha value is -3.02. The van der Waals surface area contributed by atoms with Crippen LogP contribution in [0, 0.1) is 0 Å². The average Bonchev–Trinajstić information content (AvgIpc) is 2.68. The number of hydrogen-bond acceptors (Lipinski definition) is 4. The van der Waals surface area contributed by atoms with Crippen molar-refractivity contribution in [1.82, 2.24) is 5.32 Å². The van der Waals surface area contributed by atoms with E-state index in [0.29, 0.717) is 18.0 Å². The van der Waals surface area contributed by atoms with E-state index in [0.717, 1.165) is 11.3 Å². The highest BCUT2D eigenvalue weighted by molar-refractivity contribution is 6.00. The normalized spacial score (nSPS) is 16.9. The smallest absolute Gasteiger partial charge is 0.267 e. The largest absolute Gasteiger partial charge is 0.496 e. The molecule has 0 fully saturated rings. The third-order valence-electron chi connectivity index (χ3n) is 4.62. The molecule has 2 unspecified atom stereocenters. The van der Waals surface area contributed by atoms with Gasteiger partial charge in [-0.3, -0.25) is 9.59 Å². The van der Waals surface area contributed by atoms with Gasteiger partial charge in [-0.05, 0) is 32.0 Å². The van der Waals surface area contributed by atoms with Gasteiger partial charge < -0.3 is 19.7 Å². The minimum atomic E-state index is -0.560. The van der Waals surface area contributed by atoms with Crippen LogP contribution in [-0.4, -0.2) is 31.6 Å². The van der Waals surface area contributed by atoms with Crippen molar-refractivity contribution >= 4 is 17.5 Å². The number of para-hydroxylation sites is 3. The molecule has 0 saturated heterocycles. The van der Waals surface area contributed by atoms with Crippen molar-refractivity contribution in [3.63, 3.8) is 0 Å². The number of methoxy groups -OCH3 is 1. The Morgan fingerprint density at radius 1 is 1.22 bits per heavy atom. The van der Waals surface area contributed by atoms with Crippen LogP contribution in [-0.2, 0) is 9.59 Å². The predicted octanol–water partition coefficient (Wildman–Crippen LogP) is 3.08. The highest BCUT2D eigenvalue weighted by atomic mass is 16.5. The molecule has 0 saturated carbocycles. The van der Waals surface area contributed by atoms with Gasteiger partial charge in [0.05, 0.1) is 18.8 Å². The van der Waals surface area contributed by atoms with Crippen LogP contribution in [0.5, 0.6) is 11.5 Å². The minimum absolute atomic E-state index is 0.127. The van der Waals surface area contributed by atoms with Crippen LogP contribution in [0.3, 0.4) is 0 Å². The summed E-state index contributed by atoms with van der Waals surface area (Å²) >= 11 is 0. The number of carbonyl (C=O) groups excluding carboxylic acids is 2. The van der Waals surface area contributed by atoms with Gasteiger partial charge in [0.2, 0.25) is 5.91 Å². The second-order valence-corrected chi connectivity index (χ2v) is 6.50. The highest BCUT2D eigenvalue weighted by Crippen LogP contribution is 2.33. The molecule has 1 N–H and O–H groups in total. The number of anilines is 1. The number of benzene rings is 2. The topological polar surface area (TPSA) is 67.9 Å². The number of ether oxygens (including phenoxy) is 2. The molecule has 2 amide bonds. The second-order valence-electron chi connectivity index (χ2n) is 6.50. The molecule has 0 bridgehead atoms. The van der Waals surface area contributed by atoms with Crippen LogP contribution in [0.15, 0.2) is 48.5 Å². The summed E-state index contributed by atoms with van der Waals surface area (Å²) < 4.78 is 11.0. The summed E-state index contributed by atoms with van der Waals surface area (Å²) in [7, 11) is 1.61. The molecule has 0 aromatic heterocycles. The van der Waals surface area contributed by atoms with Gasteiger partial charge in [0.25, 0.3) is 5.91 Å². The zero-order valence-electron chi connectivity index (χ0n) is 15.8. The lowest BCUT2D eigenvalue weighted by Gasteiger charge is -2.32. The maximum Gasteiger partial charge on any atom is 0.267 e. The number of hydrogen-bond donors (Lipinski definition) is 1. The Kier molecular flexibility index (Phi) is 5.64. The fraction of sp³-hybridized carbons (Fsp3) is 0.333. The zero-order valence-corrected chi connectivity index (χ0v) is 15.8. The Labute approximate surface area is 159 Å². The third-order valence-corrected chi connectivity index (χ3v) is 4.62. The molecular formula is C21H24N2O4. The first kappa shape index (κ1) is 18.8. The standard InChI is InChI=1S/C21H24N2O4/c1-14(16-8-4-6-10-18(16)26-3)22-20(24)12-13-23-17-9-5-7-11-19(17)27-15(2)21(23)25/h4-11,14-15H,12-13H2,1-3H3,(H,22,24). The molecule has 2 aromatic carbocycles. The van der Waals surface area contributed by atoms with Crippen LogP contribution in [0.4, 0.5) is 5.69 Å². The van der Waals surface area contributed by atoms with Gasteiger partial charge in [0.15, 0.2) is 6.10 Å². The summed E-state index contributed by atoms with van der Waals surface area (Å²) in [5.74, 6) is 1.13. The van der Waals surface area contributed by atoms with E-state index in [2.05, 4.69) is 5.32 Å². The fourth-order valence-electron chi connectivity index (χ4n) is 3.22. The van der Waals surface area contributed by atoms with Crippen molar-refractivity contribution in [2.45, 2.75) is 32.4 Å². The van der Waals surface area contributed by atoms with Gasteiger partial charge in [-0.25, -0.2) is 0 Å². The average molecular weight is 368 g/mol. The van der Waals surface area contributed by atoms with E-state index < -0.39 is 6.10 Å². The van der Waals surface area contributed by atoms with Crippen molar-refractivity contribution in [1.29, 1.82) is 0 Å². The Balaban J connectivity index is 1.64. The molecule has 0 radical (unpaired) electrons. The molecule has 2 aromatic rings. The van der Waals surface area contributed by atoms with Crippen molar-refractivity contribution in [3.05, 3.63) is 54.1 Å².